The highest BCUT2D eigenvalue weighted by molar-refractivity contribution is 5.98. The van der Waals surface area contributed by atoms with Crippen molar-refractivity contribution in [3.63, 3.8) is 0 Å². The van der Waals surface area contributed by atoms with Crippen molar-refractivity contribution >= 4 is 17.5 Å². The fraction of sp³-hybridized carbons (Fsp3) is 0.500. The molecule has 0 spiro atoms. The molecule has 3 N–H and O–H groups in total. The second-order valence-corrected chi connectivity index (χ2v) is 13.9. The minimum Gasteiger partial charge on any atom is -0.487 e. The molecular weight excluding hydrogens is 592 g/mol. The molecule has 2 aromatic carbocycles. The fourth-order valence-electron chi connectivity index (χ4n) is 7.42. The van der Waals surface area contributed by atoms with Crippen molar-refractivity contribution in [2.75, 3.05) is 18.0 Å². The highest BCUT2D eigenvalue weighted by Gasteiger charge is 2.34. The number of ether oxygens (including phenoxy) is 1. The Balaban J connectivity index is 1.26. The second kappa shape index (κ2) is 14.0. The number of aromatic nitrogens is 1. The zero-order valence-electron chi connectivity index (χ0n) is 27.8. The molecular formula is C38H48N4O5. The van der Waals surface area contributed by atoms with E-state index >= 15 is 0 Å². The molecule has 0 bridgehead atoms. The van der Waals surface area contributed by atoms with Crippen molar-refractivity contribution in [2.24, 2.45) is 0 Å². The van der Waals surface area contributed by atoms with Crippen LogP contribution in [0.1, 0.15) is 117 Å². The summed E-state index contributed by atoms with van der Waals surface area (Å²) in [6.07, 6.45) is 7.74. The highest BCUT2D eigenvalue weighted by Crippen LogP contribution is 2.40. The first kappa shape index (κ1) is 33.0. The minimum atomic E-state index is -0.951. The number of pyridine rings is 1. The third-order valence-corrected chi connectivity index (χ3v) is 9.99. The summed E-state index contributed by atoms with van der Waals surface area (Å²) < 4.78 is 7.96. The number of hydrogen-bond donors (Lipinski definition) is 3. The van der Waals surface area contributed by atoms with Gasteiger partial charge in [0.05, 0.1) is 17.7 Å². The normalized spacial score (nSPS) is 20.5. The van der Waals surface area contributed by atoms with Gasteiger partial charge in [0.25, 0.3) is 11.5 Å². The summed E-state index contributed by atoms with van der Waals surface area (Å²) in [5.41, 5.74) is 3.11. The van der Waals surface area contributed by atoms with Crippen LogP contribution in [0.2, 0.25) is 0 Å². The SMILES string of the molecule is CCc1ccc2c(c1)[C@@H](NCCC(NC(=O)c1cc(N3CCCC3=O)c(=O)n(C3CCCC3)c1)[C@H](O)c1ccccc1)CC(C)(C)O2. The molecule has 1 aromatic heterocycles. The number of fused-ring (bicyclic) bond motifs is 1. The molecule has 9 nitrogen and oxygen atoms in total. The first-order chi connectivity index (χ1) is 22.6. The smallest absolute Gasteiger partial charge is 0.274 e. The first-order valence-corrected chi connectivity index (χ1v) is 17.3. The Morgan fingerprint density at radius 1 is 1.06 bits per heavy atom. The molecule has 2 fully saturated rings. The summed E-state index contributed by atoms with van der Waals surface area (Å²) in [5.74, 6) is 0.412. The molecule has 1 unspecified atom stereocenters. The summed E-state index contributed by atoms with van der Waals surface area (Å²) in [4.78, 5) is 41.9. The van der Waals surface area contributed by atoms with E-state index in [1.54, 1.807) is 16.8 Å². The lowest BCUT2D eigenvalue weighted by Crippen LogP contribution is -2.44. The molecule has 2 aliphatic heterocycles. The zero-order valence-corrected chi connectivity index (χ0v) is 27.8. The Kier molecular flexibility index (Phi) is 9.85. The second-order valence-electron chi connectivity index (χ2n) is 13.9. The Bertz CT molecular complexity index is 1650. The van der Waals surface area contributed by atoms with Crippen molar-refractivity contribution in [2.45, 2.75) is 108 Å². The van der Waals surface area contributed by atoms with E-state index in [-0.39, 0.29) is 40.7 Å². The first-order valence-electron chi connectivity index (χ1n) is 17.3. The largest absolute Gasteiger partial charge is 0.487 e. The van der Waals surface area contributed by atoms with E-state index in [9.17, 15) is 19.5 Å². The van der Waals surface area contributed by atoms with Crippen molar-refractivity contribution in [1.82, 2.24) is 15.2 Å². The molecule has 6 rings (SSSR count). The monoisotopic (exact) mass is 640 g/mol. The highest BCUT2D eigenvalue weighted by atomic mass is 16.5. The Morgan fingerprint density at radius 2 is 1.83 bits per heavy atom. The van der Waals surface area contributed by atoms with Gasteiger partial charge < -0.3 is 29.9 Å². The molecule has 3 aliphatic rings. The molecule has 3 aromatic rings. The number of carbonyl (C=O) groups is 2. The number of benzene rings is 2. The van der Waals surface area contributed by atoms with E-state index in [0.29, 0.717) is 43.5 Å². The molecule has 250 valence electrons. The number of aliphatic hydroxyl groups is 1. The van der Waals surface area contributed by atoms with Gasteiger partial charge in [-0.05, 0) is 75.8 Å². The quantitative estimate of drug-likeness (QED) is 0.246. The van der Waals surface area contributed by atoms with Gasteiger partial charge in [-0.3, -0.25) is 14.4 Å². The van der Waals surface area contributed by atoms with Crippen LogP contribution in [0.15, 0.2) is 65.6 Å². The Hall–Kier alpha value is -3.95. The number of carbonyl (C=O) groups excluding carboxylic acids is 2. The van der Waals surface area contributed by atoms with E-state index in [2.05, 4.69) is 49.6 Å². The number of aliphatic hydroxyl groups excluding tert-OH is 1. The number of hydrogen-bond acceptors (Lipinski definition) is 6. The van der Waals surface area contributed by atoms with Gasteiger partial charge in [-0.1, -0.05) is 62.2 Å². The molecule has 1 saturated heterocycles. The average Bonchev–Trinajstić information content (AvgIpc) is 3.76. The van der Waals surface area contributed by atoms with Crippen LogP contribution in [0, 0.1) is 0 Å². The number of anilines is 1. The molecule has 0 radical (unpaired) electrons. The third kappa shape index (κ3) is 7.31. The van der Waals surface area contributed by atoms with Crippen LogP contribution < -0.4 is 25.8 Å². The summed E-state index contributed by atoms with van der Waals surface area (Å²) >= 11 is 0. The molecule has 1 aliphatic carbocycles. The van der Waals surface area contributed by atoms with Crippen LogP contribution in [-0.4, -0.2) is 46.2 Å². The lowest BCUT2D eigenvalue weighted by molar-refractivity contribution is -0.117. The van der Waals surface area contributed by atoms with Gasteiger partial charge in [0.2, 0.25) is 5.91 Å². The fourth-order valence-corrected chi connectivity index (χ4v) is 7.42. The maximum absolute atomic E-state index is 14.0. The summed E-state index contributed by atoms with van der Waals surface area (Å²) in [6, 6.07) is 16.7. The predicted molar refractivity (Wildman–Crippen MR) is 183 cm³/mol. The van der Waals surface area contributed by atoms with E-state index in [1.807, 2.05) is 30.3 Å². The van der Waals surface area contributed by atoms with Gasteiger partial charge in [0.15, 0.2) is 0 Å². The molecule has 9 heteroatoms. The van der Waals surface area contributed by atoms with Crippen LogP contribution in [0.25, 0.3) is 0 Å². The lowest BCUT2D eigenvalue weighted by Gasteiger charge is -2.38. The van der Waals surface area contributed by atoms with Gasteiger partial charge in [-0.25, -0.2) is 0 Å². The lowest BCUT2D eigenvalue weighted by atomic mass is 9.88. The van der Waals surface area contributed by atoms with Gasteiger partial charge in [0.1, 0.15) is 17.0 Å². The number of amides is 2. The van der Waals surface area contributed by atoms with E-state index in [1.165, 1.54) is 10.5 Å². The van der Waals surface area contributed by atoms with Gasteiger partial charge >= 0.3 is 0 Å². The van der Waals surface area contributed by atoms with Crippen LogP contribution >= 0.6 is 0 Å². The number of nitrogens with one attached hydrogen (secondary N) is 2. The molecule has 2 amide bonds. The topological polar surface area (TPSA) is 113 Å². The van der Waals surface area contributed by atoms with Crippen LogP contribution in [0.3, 0.4) is 0 Å². The molecule has 3 heterocycles. The molecule has 47 heavy (non-hydrogen) atoms. The Labute approximate surface area is 277 Å². The van der Waals surface area contributed by atoms with Gasteiger partial charge in [-0.2, -0.15) is 0 Å². The minimum absolute atomic E-state index is 0.00133. The Morgan fingerprint density at radius 3 is 2.53 bits per heavy atom. The zero-order chi connectivity index (χ0) is 33.1. The molecule has 1 saturated carbocycles. The third-order valence-electron chi connectivity index (χ3n) is 9.99. The van der Waals surface area contributed by atoms with Gasteiger partial charge in [-0.15, -0.1) is 0 Å². The van der Waals surface area contributed by atoms with E-state index < -0.39 is 12.1 Å². The van der Waals surface area contributed by atoms with E-state index in [4.69, 9.17) is 4.74 Å². The maximum Gasteiger partial charge on any atom is 0.274 e. The summed E-state index contributed by atoms with van der Waals surface area (Å²) in [6.45, 7) is 7.34. The van der Waals surface area contributed by atoms with Gasteiger partial charge in [0, 0.05) is 43.2 Å². The number of rotatable bonds is 11. The van der Waals surface area contributed by atoms with Crippen molar-refractivity contribution in [1.29, 1.82) is 0 Å². The van der Waals surface area contributed by atoms with Crippen LogP contribution in [0.5, 0.6) is 5.75 Å². The standard InChI is InChI=1S/C38H48N4O5/c1-4-25-16-17-33-29(21-25)31(23-38(2,3)47-33)39-19-18-30(35(44)26-11-6-5-7-12-26)40-36(45)27-22-32(41-20-10-15-34(41)43)37(46)42(24-27)28-13-8-9-14-28/h5-7,11-12,16-17,21-22,24,28,30-31,35,39,44H,4,8-10,13-15,18-20,23H2,1-3H3,(H,40,45)/t30?,31-,35+/m0/s1. The summed E-state index contributed by atoms with van der Waals surface area (Å²) in [7, 11) is 0. The summed E-state index contributed by atoms with van der Waals surface area (Å²) in [5, 5.41) is 18.4. The molecule has 3 atom stereocenters. The average molecular weight is 641 g/mol. The maximum atomic E-state index is 14.0. The number of nitrogens with zero attached hydrogens (tertiary/aromatic N) is 2. The van der Waals surface area contributed by atoms with Crippen LogP contribution in [0.4, 0.5) is 5.69 Å². The van der Waals surface area contributed by atoms with Crippen molar-refractivity contribution < 1.29 is 19.4 Å². The van der Waals surface area contributed by atoms with Crippen LogP contribution in [-0.2, 0) is 11.2 Å². The van der Waals surface area contributed by atoms with E-state index in [0.717, 1.165) is 49.8 Å². The van der Waals surface area contributed by atoms with Crippen molar-refractivity contribution in [3.8, 4) is 5.75 Å². The number of aryl methyl sites for hydroxylation is 1. The van der Waals surface area contributed by atoms with Crippen molar-refractivity contribution in [3.05, 3.63) is 93.4 Å². The predicted octanol–water partition coefficient (Wildman–Crippen LogP) is 5.77.